The van der Waals surface area contributed by atoms with Gasteiger partial charge in [0.2, 0.25) is 0 Å². The number of thiocarbonyl (C=S) groups is 1. The second-order valence-corrected chi connectivity index (χ2v) is 8.36. The van der Waals surface area contributed by atoms with Crippen LogP contribution < -0.4 is 15.1 Å². The molecule has 3 fully saturated rings. The summed E-state index contributed by atoms with van der Waals surface area (Å²) in [6.45, 7) is 7.51. The third kappa shape index (κ3) is 5.31. The van der Waals surface area contributed by atoms with E-state index in [0.717, 1.165) is 24.3 Å². The molecule has 10 heteroatoms. The van der Waals surface area contributed by atoms with Crippen molar-refractivity contribution < 1.29 is 23.8 Å². The lowest BCUT2D eigenvalue weighted by atomic mass is 10.2. The number of aliphatic hydroxyl groups is 1. The molecule has 2 saturated heterocycles. The Kier molecular flexibility index (Phi) is 7.45. The highest BCUT2D eigenvalue weighted by atomic mass is 32.1. The van der Waals surface area contributed by atoms with Gasteiger partial charge in [-0.25, -0.2) is 9.18 Å². The van der Waals surface area contributed by atoms with E-state index in [9.17, 15) is 14.3 Å². The second-order valence-electron chi connectivity index (χ2n) is 7.87. The van der Waals surface area contributed by atoms with Crippen LogP contribution in [0.5, 0.6) is 0 Å². The summed E-state index contributed by atoms with van der Waals surface area (Å²) in [4.78, 5) is 26.5. The van der Waals surface area contributed by atoms with E-state index in [1.165, 1.54) is 11.0 Å². The number of cyclic esters (lactones) is 1. The Hall–Kier alpha value is -2.30. The van der Waals surface area contributed by atoms with Crippen LogP contribution in [0.25, 0.3) is 0 Å². The first-order valence-electron chi connectivity index (χ1n) is 10.5. The Morgan fingerprint density at radius 1 is 1.32 bits per heavy atom. The van der Waals surface area contributed by atoms with Crippen molar-refractivity contribution in [1.82, 2.24) is 10.2 Å². The molecule has 2 aliphatic heterocycles. The minimum Gasteiger partial charge on any atom is -0.442 e. The maximum atomic E-state index is 14.8. The van der Waals surface area contributed by atoms with Crippen LogP contribution in [-0.2, 0) is 9.53 Å². The molecule has 1 atom stereocenters. The van der Waals surface area contributed by atoms with Gasteiger partial charge in [-0.05, 0) is 37.5 Å². The van der Waals surface area contributed by atoms with Gasteiger partial charge in [0.15, 0.2) is 0 Å². The minimum absolute atomic E-state index is 0.323. The van der Waals surface area contributed by atoms with Gasteiger partial charge in [-0.3, -0.25) is 9.80 Å². The first kappa shape index (κ1) is 23.4. The summed E-state index contributed by atoms with van der Waals surface area (Å²) in [6, 6.07) is 4.87. The maximum absolute atomic E-state index is 14.8. The topological polar surface area (TPSA) is 85.4 Å². The summed E-state index contributed by atoms with van der Waals surface area (Å²) in [5, 5.41) is 13.3. The van der Waals surface area contributed by atoms with Gasteiger partial charge >= 0.3 is 6.09 Å². The van der Waals surface area contributed by atoms with Gasteiger partial charge in [0.25, 0.3) is 0 Å². The molecular formula is C21H29FN4O4S. The van der Waals surface area contributed by atoms with Crippen LogP contribution in [0.3, 0.4) is 0 Å². The summed E-state index contributed by atoms with van der Waals surface area (Å²) < 4.78 is 20.2. The van der Waals surface area contributed by atoms with Crippen molar-refractivity contribution in [2.75, 3.05) is 49.1 Å². The summed E-state index contributed by atoms with van der Waals surface area (Å²) in [5.74, 6) is -0.359. The van der Waals surface area contributed by atoms with E-state index in [-0.39, 0.29) is 11.9 Å². The zero-order valence-corrected chi connectivity index (χ0v) is 18.5. The lowest BCUT2D eigenvalue weighted by Gasteiger charge is -2.38. The van der Waals surface area contributed by atoms with Gasteiger partial charge in [-0.1, -0.05) is 19.1 Å². The number of benzene rings is 1. The third-order valence-electron chi connectivity index (χ3n) is 5.87. The van der Waals surface area contributed by atoms with Crippen molar-refractivity contribution in [3.8, 4) is 0 Å². The van der Waals surface area contributed by atoms with Gasteiger partial charge in [0.1, 0.15) is 24.4 Å². The number of amides is 1. The van der Waals surface area contributed by atoms with Gasteiger partial charge in [-0.2, -0.15) is 0 Å². The molecule has 1 aromatic rings. The predicted molar refractivity (Wildman–Crippen MR) is 120 cm³/mol. The van der Waals surface area contributed by atoms with Crippen molar-refractivity contribution in [2.24, 2.45) is 0 Å². The van der Waals surface area contributed by atoms with Crippen molar-refractivity contribution in [3.05, 3.63) is 24.0 Å². The average Bonchev–Trinajstić information content (AvgIpc) is 3.43. The molecule has 1 aromatic carbocycles. The van der Waals surface area contributed by atoms with E-state index >= 15 is 0 Å². The molecule has 0 radical (unpaired) electrons. The number of rotatable bonds is 6. The Bertz CT molecular complexity index is 815. The number of nitrogens with one attached hydrogen (secondary N) is 1. The SMILES string of the molecule is C=O.CCC(=S)NCC1CN(c2ccc(N3CCN(C4(O)CC4)CC3)c(F)c2)C(=O)O1. The van der Waals surface area contributed by atoms with E-state index in [1.807, 2.05) is 18.6 Å². The van der Waals surface area contributed by atoms with Crippen molar-refractivity contribution >= 4 is 41.5 Å². The molecule has 0 aromatic heterocycles. The van der Waals surface area contributed by atoms with Gasteiger partial charge < -0.3 is 24.9 Å². The van der Waals surface area contributed by atoms with Crippen molar-refractivity contribution in [1.29, 1.82) is 0 Å². The molecular weight excluding hydrogens is 423 g/mol. The number of piperazine rings is 1. The fourth-order valence-electron chi connectivity index (χ4n) is 3.90. The van der Waals surface area contributed by atoms with E-state index in [2.05, 4.69) is 10.2 Å². The van der Waals surface area contributed by atoms with Gasteiger partial charge in [0, 0.05) is 26.2 Å². The van der Waals surface area contributed by atoms with Crippen LogP contribution in [0.15, 0.2) is 18.2 Å². The lowest BCUT2D eigenvalue weighted by Crippen LogP contribution is -2.51. The van der Waals surface area contributed by atoms with E-state index in [0.29, 0.717) is 50.6 Å². The number of nitrogens with zero attached hydrogens (tertiary/aromatic N) is 3. The largest absolute Gasteiger partial charge is 0.442 e. The van der Waals surface area contributed by atoms with E-state index in [1.54, 1.807) is 12.1 Å². The highest BCUT2D eigenvalue weighted by molar-refractivity contribution is 7.80. The summed E-state index contributed by atoms with van der Waals surface area (Å²) >= 11 is 5.13. The number of halogens is 1. The monoisotopic (exact) mass is 452 g/mol. The zero-order valence-electron chi connectivity index (χ0n) is 17.7. The molecule has 8 nitrogen and oxygen atoms in total. The molecule has 1 saturated carbocycles. The molecule has 0 bridgehead atoms. The fraction of sp³-hybridized carbons (Fsp3) is 0.571. The molecule has 31 heavy (non-hydrogen) atoms. The van der Waals surface area contributed by atoms with Crippen molar-refractivity contribution in [3.63, 3.8) is 0 Å². The van der Waals surface area contributed by atoms with Crippen molar-refractivity contribution in [2.45, 2.75) is 38.0 Å². The van der Waals surface area contributed by atoms with E-state index in [4.69, 9.17) is 21.7 Å². The molecule has 170 valence electrons. The summed E-state index contributed by atoms with van der Waals surface area (Å²) in [5.41, 5.74) is 0.384. The fourth-order valence-corrected chi connectivity index (χ4v) is 3.99. The maximum Gasteiger partial charge on any atom is 0.414 e. The van der Waals surface area contributed by atoms with Gasteiger partial charge in [-0.15, -0.1) is 0 Å². The zero-order chi connectivity index (χ0) is 22.6. The summed E-state index contributed by atoms with van der Waals surface area (Å²) in [7, 11) is 0. The normalized spacial score (nSPS) is 22.4. The second kappa shape index (κ2) is 9.88. The van der Waals surface area contributed by atoms with Crippen LogP contribution in [0.4, 0.5) is 20.6 Å². The molecule has 3 aliphatic rings. The lowest BCUT2D eigenvalue weighted by molar-refractivity contribution is -0.0980. The number of anilines is 2. The smallest absolute Gasteiger partial charge is 0.414 e. The standard InChI is InChI=1S/C20H27FN4O3S.CH2O/c1-2-18(29)22-12-15-13-25(19(26)28-15)14-3-4-17(16(21)11-14)23-7-9-24(10-8-23)20(27)5-6-20;1-2/h3-4,11,15,27H,2,5-10,12-13H2,1H3,(H,22,29);1H2. The Morgan fingerprint density at radius 3 is 2.58 bits per heavy atom. The Morgan fingerprint density at radius 2 is 2.00 bits per heavy atom. The number of hydrogen-bond donors (Lipinski definition) is 2. The molecule has 1 amide bonds. The Labute approximate surface area is 186 Å². The predicted octanol–water partition coefficient (Wildman–Crippen LogP) is 1.90. The first-order chi connectivity index (χ1) is 14.9. The molecule has 4 rings (SSSR count). The molecule has 2 heterocycles. The quantitative estimate of drug-likeness (QED) is 0.633. The molecule has 2 N–H and O–H groups in total. The molecule has 1 aliphatic carbocycles. The average molecular weight is 453 g/mol. The number of ether oxygens (including phenoxy) is 1. The Balaban J connectivity index is 0.00000132. The highest BCUT2D eigenvalue weighted by Crippen LogP contribution is 2.39. The first-order valence-corrected chi connectivity index (χ1v) is 10.9. The highest BCUT2D eigenvalue weighted by Gasteiger charge is 2.47. The van der Waals surface area contributed by atoms with Crippen LogP contribution in [-0.4, -0.2) is 79.0 Å². The molecule has 1 unspecified atom stereocenters. The number of carbonyl (C=O) groups is 2. The minimum atomic E-state index is -0.628. The van der Waals surface area contributed by atoms with Crippen LogP contribution >= 0.6 is 12.2 Å². The van der Waals surface area contributed by atoms with Gasteiger partial charge in [0.05, 0.1) is 29.5 Å². The number of hydrogen-bond acceptors (Lipinski definition) is 7. The van der Waals surface area contributed by atoms with Crippen LogP contribution in [0.1, 0.15) is 26.2 Å². The number of carbonyl (C=O) groups excluding carboxylic acids is 2. The summed E-state index contributed by atoms with van der Waals surface area (Å²) in [6.07, 6.45) is 1.58. The van der Waals surface area contributed by atoms with E-state index < -0.39 is 11.8 Å². The van der Waals surface area contributed by atoms with Crippen LogP contribution in [0.2, 0.25) is 0 Å². The van der Waals surface area contributed by atoms with Crippen LogP contribution in [0, 0.1) is 5.82 Å². The molecule has 0 spiro atoms. The third-order valence-corrected chi connectivity index (χ3v) is 6.30.